The molecule has 0 fully saturated rings. The van der Waals surface area contributed by atoms with E-state index in [-0.39, 0.29) is 10.7 Å². The van der Waals surface area contributed by atoms with Crippen LogP contribution in [0.3, 0.4) is 0 Å². The van der Waals surface area contributed by atoms with Crippen LogP contribution in [0, 0.1) is 10.1 Å². The average molecular weight is 200 g/mol. The largest absolute Gasteiger partial charge is 0.290 e. The Labute approximate surface area is 76.2 Å². The summed E-state index contributed by atoms with van der Waals surface area (Å²) in [5.74, 6) is 0. The van der Waals surface area contributed by atoms with Gasteiger partial charge in [-0.3, -0.25) is 10.1 Å². The van der Waals surface area contributed by atoms with Gasteiger partial charge in [-0.2, -0.15) is 0 Å². The molecule has 0 amide bonds. The van der Waals surface area contributed by atoms with Gasteiger partial charge < -0.3 is 0 Å². The number of aromatic nitrogens is 2. The molecule has 1 aromatic heterocycles. The van der Waals surface area contributed by atoms with Gasteiger partial charge in [0.15, 0.2) is 0 Å². The molecule has 7 heteroatoms. The monoisotopic (exact) mass is 199 g/mol. The van der Waals surface area contributed by atoms with Crippen LogP contribution in [-0.4, -0.2) is 15.2 Å². The SMILES string of the molecule is O=[N+]([O-])c1cc2nonc2cc1Cl. The van der Waals surface area contributed by atoms with Crippen molar-refractivity contribution in [3.8, 4) is 0 Å². The number of rotatable bonds is 1. The Balaban J connectivity index is 2.76. The van der Waals surface area contributed by atoms with Crippen LogP contribution >= 0.6 is 11.6 Å². The molecule has 1 heterocycles. The molecule has 2 aromatic rings. The minimum absolute atomic E-state index is 0.0215. The fourth-order valence-electron chi connectivity index (χ4n) is 0.935. The second-order valence-corrected chi connectivity index (χ2v) is 2.72. The molecule has 0 saturated carbocycles. The number of benzene rings is 1. The van der Waals surface area contributed by atoms with Crippen LogP contribution in [0.5, 0.6) is 0 Å². The number of fused-ring (bicyclic) bond motifs is 1. The lowest BCUT2D eigenvalue weighted by atomic mass is 10.3. The van der Waals surface area contributed by atoms with Crippen molar-refractivity contribution in [3.05, 3.63) is 27.3 Å². The number of nitro benzene ring substituents is 1. The van der Waals surface area contributed by atoms with Gasteiger partial charge in [0.25, 0.3) is 5.69 Å². The predicted molar refractivity (Wildman–Crippen MR) is 43.5 cm³/mol. The molecule has 1 aromatic carbocycles. The van der Waals surface area contributed by atoms with Crippen molar-refractivity contribution in [1.82, 2.24) is 10.3 Å². The third-order valence-electron chi connectivity index (χ3n) is 1.52. The molecule has 0 aliphatic carbocycles. The van der Waals surface area contributed by atoms with E-state index in [9.17, 15) is 10.1 Å². The van der Waals surface area contributed by atoms with Gasteiger partial charge in [0, 0.05) is 6.07 Å². The van der Waals surface area contributed by atoms with Crippen molar-refractivity contribution in [2.24, 2.45) is 0 Å². The Kier molecular flexibility index (Phi) is 1.63. The molecule has 0 unspecified atom stereocenters. The van der Waals surface area contributed by atoms with Crippen molar-refractivity contribution in [1.29, 1.82) is 0 Å². The Morgan fingerprint density at radius 2 is 2.00 bits per heavy atom. The first-order valence-corrected chi connectivity index (χ1v) is 3.62. The first-order valence-electron chi connectivity index (χ1n) is 3.24. The number of nitrogens with zero attached hydrogens (tertiary/aromatic N) is 3. The summed E-state index contributed by atoms with van der Waals surface area (Å²) in [5.41, 5.74) is 0.511. The first kappa shape index (κ1) is 7.93. The van der Waals surface area contributed by atoms with Gasteiger partial charge >= 0.3 is 0 Å². The molecule has 0 aliphatic heterocycles. The Hall–Kier alpha value is -1.69. The van der Waals surface area contributed by atoms with Crippen LogP contribution < -0.4 is 0 Å². The highest BCUT2D eigenvalue weighted by atomic mass is 35.5. The minimum atomic E-state index is -0.587. The highest BCUT2D eigenvalue weighted by molar-refractivity contribution is 6.33. The number of hydrogen-bond acceptors (Lipinski definition) is 5. The Morgan fingerprint density at radius 1 is 1.38 bits per heavy atom. The van der Waals surface area contributed by atoms with E-state index in [1.54, 1.807) is 0 Å². The van der Waals surface area contributed by atoms with Crippen LogP contribution in [0.25, 0.3) is 11.0 Å². The van der Waals surface area contributed by atoms with Crippen molar-refractivity contribution in [2.45, 2.75) is 0 Å². The van der Waals surface area contributed by atoms with E-state index < -0.39 is 4.92 Å². The van der Waals surface area contributed by atoms with Crippen molar-refractivity contribution >= 4 is 28.3 Å². The van der Waals surface area contributed by atoms with Crippen LogP contribution in [0.2, 0.25) is 5.02 Å². The average Bonchev–Trinajstić information content (AvgIpc) is 2.48. The fourth-order valence-corrected chi connectivity index (χ4v) is 1.16. The topological polar surface area (TPSA) is 82.1 Å². The lowest BCUT2D eigenvalue weighted by molar-refractivity contribution is -0.384. The lowest BCUT2D eigenvalue weighted by Crippen LogP contribution is -1.88. The second-order valence-electron chi connectivity index (χ2n) is 2.31. The van der Waals surface area contributed by atoms with Crippen LogP contribution in [0.15, 0.2) is 16.8 Å². The summed E-state index contributed by atoms with van der Waals surface area (Å²) in [5, 5.41) is 17.4. The van der Waals surface area contributed by atoms with Gasteiger partial charge in [0.2, 0.25) is 0 Å². The van der Waals surface area contributed by atoms with Crippen LogP contribution in [-0.2, 0) is 0 Å². The zero-order chi connectivity index (χ0) is 9.42. The van der Waals surface area contributed by atoms with Crippen molar-refractivity contribution in [2.75, 3.05) is 0 Å². The summed E-state index contributed by atoms with van der Waals surface area (Å²) in [6.07, 6.45) is 0. The van der Waals surface area contributed by atoms with E-state index in [1.165, 1.54) is 12.1 Å². The number of nitro groups is 1. The summed E-state index contributed by atoms with van der Waals surface area (Å²) in [7, 11) is 0. The quantitative estimate of drug-likeness (QED) is 0.516. The molecule has 0 saturated heterocycles. The van der Waals surface area contributed by atoms with E-state index >= 15 is 0 Å². The van der Waals surface area contributed by atoms with Gasteiger partial charge in [-0.15, -0.1) is 0 Å². The molecule has 2 rings (SSSR count). The van der Waals surface area contributed by atoms with Gasteiger partial charge in [0.05, 0.1) is 4.92 Å². The molecule has 0 bridgehead atoms. The Bertz CT molecular complexity index is 481. The molecular formula is C6H2ClN3O3. The van der Waals surface area contributed by atoms with E-state index in [1.807, 2.05) is 0 Å². The second kappa shape index (κ2) is 2.67. The third-order valence-corrected chi connectivity index (χ3v) is 1.82. The van der Waals surface area contributed by atoms with E-state index in [4.69, 9.17) is 11.6 Å². The van der Waals surface area contributed by atoms with Crippen molar-refractivity contribution < 1.29 is 9.55 Å². The molecule has 0 radical (unpaired) electrons. The third kappa shape index (κ3) is 1.20. The van der Waals surface area contributed by atoms with E-state index in [0.29, 0.717) is 11.0 Å². The minimum Gasteiger partial charge on any atom is -0.258 e. The standard InChI is InChI=1S/C6H2ClN3O3/c7-3-1-4-5(9-13-8-4)2-6(3)10(11)12/h1-2H. The Morgan fingerprint density at radius 3 is 2.62 bits per heavy atom. The maximum Gasteiger partial charge on any atom is 0.290 e. The molecule has 0 spiro atoms. The van der Waals surface area contributed by atoms with Crippen LogP contribution in [0.4, 0.5) is 5.69 Å². The molecule has 0 atom stereocenters. The number of halogens is 1. The van der Waals surface area contributed by atoms with Gasteiger partial charge in [-0.25, -0.2) is 4.63 Å². The predicted octanol–water partition coefficient (Wildman–Crippen LogP) is 1.78. The normalized spacial score (nSPS) is 10.5. The van der Waals surface area contributed by atoms with Gasteiger partial charge in [0.1, 0.15) is 16.1 Å². The zero-order valence-electron chi connectivity index (χ0n) is 6.10. The number of hydrogen-bond donors (Lipinski definition) is 0. The molecule has 13 heavy (non-hydrogen) atoms. The van der Waals surface area contributed by atoms with E-state index in [2.05, 4.69) is 14.9 Å². The molecular weight excluding hydrogens is 198 g/mol. The summed E-state index contributed by atoms with van der Waals surface area (Å²) in [4.78, 5) is 9.84. The summed E-state index contributed by atoms with van der Waals surface area (Å²) < 4.78 is 4.37. The molecule has 0 N–H and O–H groups in total. The van der Waals surface area contributed by atoms with Crippen LogP contribution in [0.1, 0.15) is 0 Å². The summed E-state index contributed by atoms with van der Waals surface area (Å²) in [6.45, 7) is 0. The smallest absolute Gasteiger partial charge is 0.258 e. The molecule has 66 valence electrons. The molecule has 0 aliphatic rings. The maximum absolute atomic E-state index is 10.4. The van der Waals surface area contributed by atoms with Gasteiger partial charge in [-0.05, 0) is 16.4 Å². The molecule has 6 nitrogen and oxygen atoms in total. The van der Waals surface area contributed by atoms with Crippen molar-refractivity contribution in [3.63, 3.8) is 0 Å². The summed E-state index contributed by atoms with van der Waals surface area (Å²) in [6, 6.07) is 2.56. The zero-order valence-corrected chi connectivity index (χ0v) is 6.85. The first-order chi connectivity index (χ1) is 6.18. The summed E-state index contributed by atoms with van der Waals surface area (Å²) >= 11 is 5.60. The fraction of sp³-hybridized carbons (Fsp3) is 0. The highest BCUT2D eigenvalue weighted by Gasteiger charge is 2.15. The van der Waals surface area contributed by atoms with E-state index in [0.717, 1.165) is 0 Å². The lowest BCUT2D eigenvalue weighted by Gasteiger charge is -1.92. The van der Waals surface area contributed by atoms with Gasteiger partial charge in [-0.1, -0.05) is 11.6 Å². The highest BCUT2D eigenvalue weighted by Crippen LogP contribution is 2.27. The maximum atomic E-state index is 10.4.